The van der Waals surface area contributed by atoms with Crippen molar-refractivity contribution in [2.75, 3.05) is 6.54 Å². The first-order valence-corrected chi connectivity index (χ1v) is 15.8. The molecule has 5 rings (SSSR count). The standard InChI is InChI=1S/C35H53N/c1-26-8-7-11-28(18-14-26)29(24-25-36)19-15-27-16-20-31(21-17-27)33-23-22-32(30-9-3-2-4-10-30)34-12-5-6-13-35(33)34/h5,7,11-12,14-15,19,24,27-28,30-35H,2-4,6,8-10,13,16-18,20-23,25,36H2,1H3/b19-15+,29-24+. The Bertz CT molecular complexity index is 842. The summed E-state index contributed by atoms with van der Waals surface area (Å²) in [6.07, 6.45) is 41.0. The lowest BCUT2D eigenvalue weighted by molar-refractivity contribution is 0.0183. The van der Waals surface area contributed by atoms with Gasteiger partial charge in [-0.2, -0.15) is 0 Å². The zero-order chi connectivity index (χ0) is 24.7. The molecular formula is C35H53N. The molecule has 1 nitrogen and oxygen atoms in total. The Morgan fingerprint density at radius 1 is 0.833 bits per heavy atom. The van der Waals surface area contributed by atoms with E-state index in [0.29, 0.717) is 12.5 Å². The molecule has 0 saturated heterocycles. The van der Waals surface area contributed by atoms with Crippen molar-refractivity contribution in [2.45, 2.75) is 103 Å². The normalized spacial score (nSPS) is 38.6. The highest BCUT2D eigenvalue weighted by Gasteiger charge is 2.44. The summed E-state index contributed by atoms with van der Waals surface area (Å²) < 4.78 is 0. The lowest BCUT2D eigenvalue weighted by Crippen LogP contribution is -2.42. The van der Waals surface area contributed by atoms with E-state index in [1.165, 1.54) is 94.6 Å². The lowest BCUT2D eigenvalue weighted by Gasteiger charge is -2.50. The van der Waals surface area contributed by atoms with E-state index in [1.807, 2.05) is 0 Å². The lowest BCUT2D eigenvalue weighted by atomic mass is 9.55. The molecule has 1 heteroatoms. The van der Waals surface area contributed by atoms with Gasteiger partial charge in [0.15, 0.2) is 0 Å². The van der Waals surface area contributed by atoms with E-state index >= 15 is 0 Å². The predicted molar refractivity (Wildman–Crippen MR) is 155 cm³/mol. The second kappa shape index (κ2) is 12.9. The van der Waals surface area contributed by atoms with Gasteiger partial charge < -0.3 is 5.73 Å². The average molecular weight is 488 g/mol. The van der Waals surface area contributed by atoms with Crippen molar-refractivity contribution in [3.05, 3.63) is 59.8 Å². The Labute approximate surface area is 222 Å². The van der Waals surface area contributed by atoms with Gasteiger partial charge in [0.2, 0.25) is 0 Å². The van der Waals surface area contributed by atoms with Crippen LogP contribution < -0.4 is 5.73 Å². The van der Waals surface area contributed by atoms with Crippen LogP contribution in [0.25, 0.3) is 0 Å². The van der Waals surface area contributed by atoms with Crippen molar-refractivity contribution < 1.29 is 0 Å². The summed E-state index contributed by atoms with van der Waals surface area (Å²) in [5.74, 6) is 7.18. The van der Waals surface area contributed by atoms with E-state index in [-0.39, 0.29) is 0 Å². The van der Waals surface area contributed by atoms with Gasteiger partial charge >= 0.3 is 0 Å². The highest BCUT2D eigenvalue weighted by molar-refractivity contribution is 5.29. The summed E-state index contributed by atoms with van der Waals surface area (Å²) in [6.45, 7) is 2.89. The molecule has 5 atom stereocenters. The summed E-state index contributed by atoms with van der Waals surface area (Å²) in [6, 6.07) is 0. The second-order valence-electron chi connectivity index (χ2n) is 13.0. The van der Waals surface area contributed by atoms with Crippen molar-refractivity contribution in [3.63, 3.8) is 0 Å². The van der Waals surface area contributed by atoms with Crippen molar-refractivity contribution in [1.82, 2.24) is 0 Å². The van der Waals surface area contributed by atoms with Crippen LogP contribution in [0.5, 0.6) is 0 Å². The van der Waals surface area contributed by atoms with E-state index in [4.69, 9.17) is 5.73 Å². The third-order valence-corrected chi connectivity index (χ3v) is 10.9. The van der Waals surface area contributed by atoms with Crippen molar-refractivity contribution >= 4 is 0 Å². The average Bonchev–Trinajstić information content (AvgIpc) is 3.15. The molecule has 5 aliphatic rings. The fraction of sp³-hybridized carbons (Fsp3) is 0.714. The zero-order valence-corrected chi connectivity index (χ0v) is 23.1. The van der Waals surface area contributed by atoms with Gasteiger partial charge in [-0.3, -0.25) is 0 Å². The molecule has 5 unspecified atom stereocenters. The summed E-state index contributed by atoms with van der Waals surface area (Å²) in [5.41, 5.74) is 8.89. The van der Waals surface area contributed by atoms with Crippen molar-refractivity contribution in [3.8, 4) is 0 Å². The number of nitrogens with two attached hydrogens (primary N) is 1. The number of rotatable bonds is 6. The van der Waals surface area contributed by atoms with Gasteiger partial charge in [0.05, 0.1) is 0 Å². The fourth-order valence-electron chi connectivity index (χ4n) is 8.97. The third kappa shape index (κ3) is 6.38. The highest BCUT2D eigenvalue weighted by atomic mass is 14.5. The minimum Gasteiger partial charge on any atom is -0.327 e. The smallest absolute Gasteiger partial charge is 0.0112 e. The Hall–Kier alpha value is -1.34. The molecule has 0 aromatic heterocycles. The van der Waals surface area contributed by atoms with Crippen LogP contribution >= 0.6 is 0 Å². The van der Waals surface area contributed by atoms with Gasteiger partial charge in [0.1, 0.15) is 0 Å². The van der Waals surface area contributed by atoms with Crippen LogP contribution in [0, 0.1) is 47.3 Å². The third-order valence-electron chi connectivity index (χ3n) is 10.9. The number of allylic oxidation sites excluding steroid dienone is 9. The first kappa shape index (κ1) is 26.3. The van der Waals surface area contributed by atoms with Gasteiger partial charge in [0, 0.05) is 12.5 Å². The van der Waals surface area contributed by atoms with Crippen LogP contribution in [0.4, 0.5) is 0 Å². The second-order valence-corrected chi connectivity index (χ2v) is 13.0. The van der Waals surface area contributed by atoms with Crippen LogP contribution in [-0.2, 0) is 0 Å². The van der Waals surface area contributed by atoms with Gasteiger partial charge in [0.25, 0.3) is 0 Å². The summed E-state index contributed by atoms with van der Waals surface area (Å²) >= 11 is 0. The minimum atomic E-state index is 0.495. The fourth-order valence-corrected chi connectivity index (χ4v) is 8.97. The van der Waals surface area contributed by atoms with E-state index in [1.54, 1.807) is 0 Å². The number of hydrogen-bond acceptors (Lipinski definition) is 1. The molecule has 0 bridgehead atoms. The minimum absolute atomic E-state index is 0.495. The zero-order valence-electron chi connectivity index (χ0n) is 23.1. The summed E-state index contributed by atoms with van der Waals surface area (Å²) in [5, 5.41) is 0. The summed E-state index contributed by atoms with van der Waals surface area (Å²) in [7, 11) is 0. The molecule has 3 saturated carbocycles. The molecule has 3 fully saturated rings. The largest absolute Gasteiger partial charge is 0.327 e. The first-order valence-electron chi connectivity index (χ1n) is 15.8. The van der Waals surface area contributed by atoms with Crippen LogP contribution in [0.3, 0.4) is 0 Å². The summed E-state index contributed by atoms with van der Waals surface area (Å²) in [4.78, 5) is 0. The van der Waals surface area contributed by atoms with E-state index < -0.39 is 0 Å². The molecule has 0 spiro atoms. The molecular weight excluding hydrogens is 434 g/mol. The maximum absolute atomic E-state index is 5.97. The Morgan fingerprint density at radius 3 is 2.42 bits per heavy atom. The maximum atomic E-state index is 5.97. The molecule has 2 N–H and O–H groups in total. The van der Waals surface area contributed by atoms with Crippen LogP contribution in [0.15, 0.2) is 59.8 Å². The Morgan fingerprint density at radius 2 is 1.61 bits per heavy atom. The SMILES string of the molecule is CC1=CCC(C(=C/CN)/C=C/C2CCC(C3CCC(C4CCCCC4)C4C=CCCC43)CC2)C=CC1. The van der Waals surface area contributed by atoms with E-state index in [9.17, 15) is 0 Å². The molecule has 0 aromatic rings. The van der Waals surface area contributed by atoms with Gasteiger partial charge in [-0.15, -0.1) is 0 Å². The van der Waals surface area contributed by atoms with Gasteiger partial charge in [-0.05, 0) is 118 Å². The Balaban J connectivity index is 1.17. The van der Waals surface area contributed by atoms with Crippen molar-refractivity contribution in [2.24, 2.45) is 53.1 Å². The highest BCUT2D eigenvalue weighted by Crippen LogP contribution is 2.53. The topological polar surface area (TPSA) is 26.0 Å². The molecule has 198 valence electrons. The van der Waals surface area contributed by atoms with Crippen molar-refractivity contribution in [1.29, 1.82) is 0 Å². The Kier molecular flexibility index (Phi) is 9.45. The van der Waals surface area contributed by atoms with E-state index in [2.05, 4.69) is 55.5 Å². The number of fused-ring (bicyclic) bond motifs is 1. The molecule has 0 aromatic carbocycles. The van der Waals surface area contributed by atoms with Crippen LogP contribution in [0.2, 0.25) is 0 Å². The first-order chi connectivity index (χ1) is 17.7. The quantitative estimate of drug-likeness (QED) is 0.293. The van der Waals surface area contributed by atoms with Crippen LogP contribution in [-0.4, -0.2) is 6.54 Å². The maximum Gasteiger partial charge on any atom is 0.0112 e. The van der Waals surface area contributed by atoms with Gasteiger partial charge in [-0.1, -0.05) is 86.3 Å². The molecule has 0 aliphatic heterocycles. The molecule has 0 radical (unpaired) electrons. The monoisotopic (exact) mass is 487 g/mol. The molecule has 5 aliphatic carbocycles. The van der Waals surface area contributed by atoms with E-state index in [0.717, 1.165) is 54.3 Å². The molecule has 36 heavy (non-hydrogen) atoms. The van der Waals surface area contributed by atoms with Gasteiger partial charge in [-0.25, -0.2) is 0 Å². The predicted octanol–water partition coefficient (Wildman–Crippen LogP) is 9.34. The van der Waals surface area contributed by atoms with Crippen LogP contribution in [0.1, 0.15) is 103 Å². The number of hydrogen-bond donors (Lipinski definition) is 1. The molecule has 0 heterocycles. The molecule has 0 amide bonds.